The molecule has 0 radical (unpaired) electrons. The number of rotatable bonds is 9. The zero-order chi connectivity index (χ0) is 23.9. The minimum absolute atomic E-state index is 0.0273. The monoisotopic (exact) mass is 472 g/mol. The second-order valence-corrected chi connectivity index (χ2v) is 9.11. The fraction of sp³-hybridized carbons (Fsp3) is 0.222. The molecule has 4 rings (SSSR count). The SMILES string of the molecule is CCCN(Cc1cccn1Cc1nc(C(=O)Nc2ccc(C)cc2)cs1)C(=O)c1ccccc1. The molecular weight excluding hydrogens is 444 g/mol. The lowest BCUT2D eigenvalue weighted by molar-refractivity contribution is 0.0739. The van der Waals surface area contributed by atoms with Crippen molar-refractivity contribution < 1.29 is 9.59 Å². The molecule has 0 saturated carbocycles. The summed E-state index contributed by atoms with van der Waals surface area (Å²) in [5, 5.41) is 5.51. The number of carbonyl (C=O) groups is 2. The first-order chi connectivity index (χ1) is 16.5. The highest BCUT2D eigenvalue weighted by Crippen LogP contribution is 2.17. The third kappa shape index (κ3) is 5.80. The number of hydrogen-bond acceptors (Lipinski definition) is 4. The number of aryl methyl sites for hydroxylation is 1. The molecule has 2 aromatic carbocycles. The van der Waals surface area contributed by atoms with Crippen molar-refractivity contribution in [3.63, 3.8) is 0 Å². The molecule has 0 aliphatic carbocycles. The van der Waals surface area contributed by atoms with E-state index >= 15 is 0 Å². The van der Waals surface area contributed by atoms with Crippen LogP contribution in [0.5, 0.6) is 0 Å². The highest BCUT2D eigenvalue weighted by molar-refractivity contribution is 7.09. The van der Waals surface area contributed by atoms with Gasteiger partial charge in [0.2, 0.25) is 0 Å². The van der Waals surface area contributed by atoms with E-state index in [1.54, 1.807) is 5.38 Å². The molecule has 0 spiro atoms. The van der Waals surface area contributed by atoms with Crippen molar-refractivity contribution in [3.05, 3.63) is 106 Å². The van der Waals surface area contributed by atoms with Crippen molar-refractivity contribution in [1.29, 1.82) is 0 Å². The van der Waals surface area contributed by atoms with Crippen molar-refractivity contribution in [2.45, 2.75) is 33.4 Å². The van der Waals surface area contributed by atoms with E-state index in [4.69, 9.17) is 0 Å². The maximum absolute atomic E-state index is 13.0. The fourth-order valence-electron chi connectivity index (χ4n) is 3.69. The van der Waals surface area contributed by atoms with Gasteiger partial charge in [-0.2, -0.15) is 0 Å². The van der Waals surface area contributed by atoms with E-state index in [1.807, 2.05) is 84.8 Å². The molecule has 0 saturated heterocycles. The van der Waals surface area contributed by atoms with Crippen LogP contribution in [0.3, 0.4) is 0 Å². The van der Waals surface area contributed by atoms with Gasteiger partial charge < -0.3 is 14.8 Å². The predicted molar refractivity (Wildman–Crippen MR) is 136 cm³/mol. The summed E-state index contributed by atoms with van der Waals surface area (Å²) in [5.74, 6) is -0.193. The molecule has 0 bridgehead atoms. The van der Waals surface area contributed by atoms with Gasteiger partial charge in [-0.3, -0.25) is 9.59 Å². The second kappa shape index (κ2) is 10.9. The first-order valence-corrected chi connectivity index (χ1v) is 12.2. The number of anilines is 1. The van der Waals surface area contributed by atoms with Crippen molar-refractivity contribution in [3.8, 4) is 0 Å². The van der Waals surface area contributed by atoms with Crippen LogP contribution in [0, 0.1) is 6.92 Å². The van der Waals surface area contributed by atoms with Crippen LogP contribution >= 0.6 is 11.3 Å². The summed E-state index contributed by atoms with van der Waals surface area (Å²) in [5.41, 5.74) is 4.01. The summed E-state index contributed by atoms with van der Waals surface area (Å²) in [6.07, 6.45) is 2.87. The van der Waals surface area contributed by atoms with Gasteiger partial charge in [-0.05, 0) is 49.7 Å². The van der Waals surface area contributed by atoms with Gasteiger partial charge in [0.25, 0.3) is 11.8 Å². The number of thiazole rings is 1. The van der Waals surface area contributed by atoms with Crippen molar-refractivity contribution in [2.75, 3.05) is 11.9 Å². The van der Waals surface area contributed by atoms with E-state index in [2.05, 4.69) is 21.8 Å². The number of nitrogens with one attached hydrogen (secondary N) is 1. The minimum Gasteiger partial charge on any atom is -0.343 e. The molecule has 2 aromatic heterocycles. The highest BCUT2D eigenvalue weighted by Gasteiger charge is 2.18. The molecule has 2 amide bonds. The van der Waals surface area contributed by atoms with Gasteiger partial charge in [0.15, 0.2) is 0 Å². The van der Waals surface area contributed by atoms with Crippen LogP contribution in [0.25, 0.3) is 0 Å². The van der Waals surface area contributed by atoms with Crippen molar-refractivity contribution in [2.24, 2.45) is 0 Å². The average molecular weight is 473 g/mol. The van der Waals surface area contributed by atoms with E-state index in [9.17, 15) is 9.59 Å². The minimum atomic E-state index is -0.221. The third-order valence-electron chi connectivity index (χ3n) is 5.48. The first kappa shape index (κ1) is 23.4. The lowest BCUT2D eigenvalue weighted by Crippen LogP contribution is -2.32. The van der Waals surface area contributed by atoms with Crippen LogP contribution in [0.1, 0.15) is 50.5 Å². The molecule has 6 nitrogen and oxygen atoms in total. The van der Waals surface area contributed by atoms with Gasteiger partial charge >= 0.3 is 0 Å². The summed E-state index contributed by atoms with van der Waals surface area (Å²) in [6, 6.07) is 21.1. The van der Waals surface area contributed by atoms with Gasteiger partial charge in [-0.1, -0.05) is 42.8 Å². The number of benzene rings is 2. The second-order valence-electron chi connectivity index (χ2n) is 8.17. The average Bonchev–Trinajstić information content (AvgIpc) is 3.50. The molecule has 0 aliphatic rings. The number of aromatic nitrogens is 2. The maximum Gasteiger partial charge on any atom is 0.275 e. The van der Waals surface area contributed by atoms with E-state index in [0.717, 1.165) is 28.4 Å². The van der Waals surface area contributed by atoms with Crippen LogP contribution in [-0.4, -0.2) is 32.8 Å². The molecule has 174 valence electrons. The Hall–Kier alpha value is -3.71. The fourth-order valence-corrected chi connectivity index (χ4v) is 4.47. The summed E-state index contributed by atoms with van der Waals surface area (Å²) >= 11 is 1.46. The van der Waals surface area contributed by atoms with E-state index in [0.29, 0.717) is 30.9 Å². The molecule has 34 heavy (non-hydrogen) atoms. The third-order valence-corrected chi connectivity index (χ3v) is 6.31. The van der Waals surface area contributed by atoms with E-state index in [1.165, 1.54) is 11.3 Å². The molecule has 0 fully saturated rings. The van der Waals surface area contributed by atoms with Gasteiger partial charge in [0, 0.05) is 35.1 Å². The van der Waals surface area contributed by atoms with Crippen LogP contribution in [0.15, 0.2) is 78.3 Å². The van der Waals surface area contributed by atoms with Gasteiger partial charge in [0.05, 0.1) is 13.1 Å². The number of nitrogens with zero attached hydrogens (tertiary/aromatic N) is 3. The van der Waals surface area contributed by atoms with Crippen LogP contribution in [0.4, 0.5) is 5.69 Å². The number of carbonyl (C=O) groups excluding carboxylic acids is 2. The molecule has 4 aromatic rings. The highest BCUT2D eigenvalue weighted by atomic mass is 32.1. The van der Waals surface area contributed by atoms with Crippen LogP contribution < -0.4 is 5.32 Å². The zero-order valence-corrected chi connectivity index (χ0v) is 20.2. The smallest absolute Gasteiger partial charge is 0.275 e. The molecule has 0 atom stereocenters. The van der Waals surface area contributed by atoms with Crippen molar-refractivity contribution in [1.82, 2.24) is 14.5 Å². The largest absolute Gasteiger partial charge is 0.343 e. The summed E-state index contributed by atoms with van der Waals surface area (Å²) < 4.78 is 2.08. The number of hydrogen-bond donors (Lipinski definition) is 1. The number of amides is 2. The lowest BCUT2D eigenvalue weighted by Gasteiger charge is -2.23. The topological polar surface area (TPSA) is 67.2 Å². The van der Waals surface area contributed by atoms with Gasteiger partial charge in [-0.15, -0.1) is 11.3 Å². The standard InChI is InChI=1S/C27H28N4O2S/c1-3-15-31(27(33)21-8-5-4-6-9-21)17-23-10-7-16-30(23)18-25-29-24(19-34-25)26(32)28-22-13-11-20(2)12-14-22/h4-14,16,19H,3,15,17-18H2,1-2H3,(H,28,32). The summed E-state index contributed by atoms with van der Waals surface area (Å²) in [7, 11) is 0. The Morgan fingerprint density at radius 2 is 1.79 bits per heavy atom. The van der Waals surface area contributed by atoms with Crippen LogP contribution in [-0.2, 0) is 13.1 Å². The molecule has 0 aliphatic heterocycles. The summed E-state index contributed by atoms with van der Waals surface area (Å²) in [4.78, 5) is 32.1. The Bertz CT molecular complexity index is 1250. The first-order valence-electron chi connectivity index (χ1n) is 11.3. The molecule has 1 N–H and O–H groups in total. The Morgan fingerprint density at radius 1 is 1.03 bits per heavy atom. The zero-order valence-electron chi connectivity index (χ0n) is 19.4. The maximum atomic E-state index is 13.0. The normalized spacial score (nSPS) is 10.8. The Labute approximate surface area is 203 Å². The Balaban J connectivity index is 1.43. The van der Waals surface area contributed by atoms with Gasteiger partial charge in [-0.25, -0.2) is 4.98 Å². The quantitative estimate of drug-likeness (QED) is 0.344. The molecular formula is C27H28N4O2S. The molecule has 2 heterocycles. The van der Waals surface area contributed by atoms with Crippen molar-refractivity contribution >= 4 is 28.8 Å². The predicted octanol–water partition coefficient (Wildman–Crippen LogP) is 5.61. The Morgan fingerprint density at radius 3 is 2.53 bits per heavy atom. The van der Waals surface area contributed by atoms with E-state index in [-0.39, 0.29) is 11.8 Å². The van der Waals surface area contributed by atoms with E-state index < -0.39 is 0 Å². The molecule has 0 unspecified atom stereocenters. The Kier molecular flexibility index (Phi) is 7.54. The lowest BCUT2D eigenvalue weighted by atomic mass is 10.2. The molecule has 7 heteroatoms. The van der Waals surface area contributed by atoms with Gasteiger partial charge in [0.1, 0.15) is 10.7 Å². The summed E-state index contributed by atoms with van der Waals surface area (Å²) in [6.45, 7) is 5.82. The van der Waals surface area contributed by atoms with Crippen LogP contribution in [0.2, 0.25) is 0 Å².